The normalized spacial score (nSPS) is 11.4. The standard InChI is InChI=1S/C28H35N5O/c1-6-34-19-25-30-26-27(33(25)31-20(2)3)21(4)22(5)29-28(26)32(17-23-13-9-7-10-14-23)18-24-15-11-8-12-16-24/h7-16,20,31H,6,17-19H2,1-5H3. The summed E-state index contributed by atoms with van der Waals surface area (Å²) < 4.78 is 7.88. The van der Waals surface area contributed by atoms with Gasteiger partial charge in [-0.05, 0) is 51.3 Å². The third-order valence-electron chi connectivity index (χ3n) is 5.88. The number of rotatable bonds is 10. The molecule has 0 fully saturated rings. The molecule has 0 spiro atoms. The monoisotopic (exact) mass is 457 g/mol. The first-order chi connectivity index (χ1) is 16.5. The zero-order chi connectivity index (χ0) is 24.1. The quantitative estimate of drug-likeness (QED) is 0.329. The fourth-order valence-corrected chi connectivity index (χ4v) is 4.16. The van der Waals surface area contributed by atoms with E-state index in [1.807, 2.05) is 6.92 Å². The molecule has 6 nitrogen and oxygen atoms in total. The predicted molar refractivity (Wildman–Crippen MR) is 140 cm³/mol. The molecule has 4 rings (SSSR count). The number of nitrogens with zero attached hydrogens (tertiary/aromatic N) is 4. The summed E-state index contributed by atoms with van der Waals surface area (Å²) in [4.78, 5) is 12.5. The molecule has 2 aromatic carbocycles. The lowest BCUT2D eigenvalue weighted by molar-refractivity contribution is 0.126. The maximum Gasteiger partial charge on any atom is 0.157 e. The Labute approximate surface area is 202 Å². The van der Waals surface area contributed by atoms with Gasteiger partial charge in [0.25, 0.3) is 0 Å². The Morgan fingerprint density at radius 1 is 0.912 bits per heavy atom. The Balaban J connectivity index is 1.89. The SMILES string of the molecule is CCOCc1nc2c(N(Cc3ccccc3)Cc3ccccc3)nc(C)c(C)c2n1NC(C)C. The fraction of sp³-hybridized carbons (Fsp3) is 0.357. The van der Waals surface area contributed by atoms with Gasteiger partial charge in [0.2, 0.25) is 0 Å². The molecule has 34 heavy (non-hydrogen) atoms. The van der Waals surface area contributed by atoms with Gasteiger partial charge in [-0.25, -0.2) is 14.6 Å². The van der Waals surface area contributed by atoms with E-state index in [1.54, 1.807) is 0 Å². The molecule has 2 heterocycles. The predicted octanol–water partition coefficient (Wildman–Crippen LogP) is 5.74. The average molecular weight is 458 g/mol. The van der Waals surface area contributed by atoms with Crippen molar-refractivity contribution < 1.29 is 4.74 Å². The zero-order valence-corrected chi connectivity index (χ0v) is 20.9. The number of anilines is 1. The van der Waals surface area contributed by atoms with Crippen LogP contribution in [0.15, 0.2) is 60.7 Å². The van der Waals surface area contributed by atoms with E-state index in [4.69, 9.17) is 14.7 Å². The van der Waals surface area contributed by atoms with E-state index >= 15 is 0 Å². The Morgan fingerprint density at radius 2 is 1.50 bits per heavy atom. The van der Waals surface area contributed by atoms with E-state index in [0.29, 0.717) is 13.2 Å². The smallest absolute Gasteiger partial charge is 0.157 e. The first-order valence-electron chi connectivity index (χ1n) is 12.0. The summed E-state index contributed by atoms with van der Waals surface area (Å²) in [6.45, 7) is 13.1. The van der Waals surface area contributed by atoms with Gasteiger partial charge >= 0.3 is 0 Å². The number of benzene rings is 2. The molecule has 0 aliphatic rings. The van der Waals surface area contributed by atoms with Gasteiger partial charge in [0.05, 0.1) is 5.52 Å². The molecule has 4 aromatic rings. The van der Waals surface area contributed by atoms with Gasteiger partial charge in [0, 0.05) is 31.4 Å². The average Bonchev–Trinajstić information content (AvgIpc) is 3.18. The van der Waals surface area contributed by atoms with Crippen molar-refractivity contribution in [1.82, 2.24) is 14.6 Å². The summed E-state index contributed by atoms with van der Waals surface area (Å²) in [6, 6.07) is 21.3. The molecular formula is C28H35N5O. The van der Waals surface area contributed by atoms with Gasteiger partial charge in [-0.15, -0.1) is 0 Å². The summed E-state index contributed by atoms with van der Waals surface area (Å²) in [5, 5.41) is 0. The fourth-order valence-electron chi connectivity index (χ4n) is 4.16. The van der Waals surface area contributed by atoms with Crippen molar-refractivity contribution in [3.63, 3.8) is 0 Å². The molecule has 0 unspecified atom stereocenters. The number of nitrogens with one attached hydrogen (secondary N) is 1. The van der Waals surface area contributed by atoms with Crippen LogP contribution in [0.5, 0.6) is 0 Å². The molecule has 0 bridgehead atoms. The molecule has 0 saturated heterocycles. The van der Waals surface area contributed by atoms with Gasteiger partial charge in [0.15, 0.2) is 11.6 Å². The number of hydrogen-bond acceptors (Lipinski definition) is 5. The van der Waals surface area contributed by atoms with Gasteiger partial charge in [-0.3, -0.25) is 0 Å². The zero-order valence-electron chi connectivity index (χ0n) is 20.9. The second-order valence-corrected chi connectivity index (χ2v) is 8.95. The van der Waals surface area contributed by atoms with E-state index < -0.39 is 0 Å². The van der Waals surface area contributed by atoms with Crippen LogP contribution in [0.3, 0.4) is 0 Å². The number of aromatic nitrogens is 3. The van der Waals surface area contributed by atoms with Gasteiger partial charge in [0.1, 0.15) is 12.1 Å². The molecule has 1 N–H and O–H groups in total. The van der Waals surface area contributed by atoms with Crippen molar-refractivity contribution >= 4 is 16.9 Å². The number of ether oxygens (including phenoxy) is 1. The van der Waals surface area contributed by atoms with Crippen molar-refractivity contribution in [3.8, 4) is 0 Å². The van der Waals surface area contributed by atoms with Crippen LogP contribution < -0.4 is 10.3 Å². The molecule has 0 atom stereocenters. The van der Waals surface area contributed by atoms with Crippen molar-refractivity contribution in [2.75, 3.05) is 16.9 Å². The Kier molecular flexibility index (Phi) is 7.48. The van der Waals surface area contributed by atoms with Crippen LogP contribution in [0, 0.1) is 13.8 Å². The third kappa shape index (κ3) is 5.23. The largest absolute Gasteiger partial charge is 0.374 e. The van der Waals surface area contributed by atoms with E-state index in [2.05, 4.69) is 103 Å². The lowest BCUT2D eigenvalue weighted by Crippen LogP contribution is -2.26. The van der Waals surface area contributed by atoms with Crippen LogP contribution in [0.1, 0.15) is 49.0 Å². The number of fused-ring (bicyclic) bond motifs is 1. The van der Waals surface area contributed by atoms with E-state index in [9.17, 15) is 0 Å². The third-order valence-corrected chi connectivity index (χ3v) is 5.88. The minimum atomic E-state index is 0.249. The highest BCUT2D eigenvalue weighted by Gasteiger charge is 2.23. The van der Waals surface area contributed by atoms with Gasteiger partial charge in [-0.2, -0.15) is 0 Å². The second kappa shape index (κ2) is 10.7. The van der Waals surface area contributed by atoms with Crippen molar-refractivity contribution in [3.05, 3.63) is 88.9 Å². The number of imidazole rings is 1. The van der Waals surface area contributed by atoms with Crippen LogP contribution in [-0.2, 0) is 24.4 Å². The number of hydrogen-bond donors (Lipinski definition) is 1. The molecule has 0 radical (unpaired) electrons. The first kappa shape index (κ1) is 23.8. The Hall–Kier alpha value is -3.38. The molecular weight excluding hydrogens is 422 g/mol. The van der Waals surface area contributed by atoms with Crippen molar-refractivity contribution in [2.24, 2.45) is 0 Å². The maximum absolute atomic E-state index is 5.78. The van der Waals surface area contributed by atoms with E-state index in [-0.39, 0.29) is 6.04 Å². The minimum Gasteiger partial charge on any atom is -0.374 e. The van der Waals surface area contributed by atoms with Crippen LogP contribution in [0.4, 0.5) is 5.82 Å². The highest BCUT2D eigenvalue weighted by molar-refractivity contribution is 5.90. The summed E-state index contributed by atoms with van der Waals surface area (Å²) in [5.41, 5.74) is 10.1. The molecule has 0 aliphatic heterocycles. The number of aryl methyl sites for hydroxylation is 2. The van der Waals surface area contributed by atoms with E-state index in [0.717, 1.165) is 47.0 Å². The number of pyridine rings is 1. The maximum atomic E-state index is 5.78. The molecule has 0 saturated carbocycles. The highest BCUT2D eigenvalue weighted by atomic mass is 16.5. The second-order valence-electron chi connectivity index (χ2n) is 8.95. The molecule has 178 valence electrons. The molecule has 2 aromatic heterocycles. The van der Waals surface area contributed by atoms with Gasteiger partial charge < -0.3 is 15.1 Å². The molecule has 6 heteroatoms. The highest BCUT2D eigenvalue weighted by Crippen LogP contribution is 2.31. The minimum absolute atomic E-state index is 0.249. The first-order valence-corrected chi connectivity index (χ1v) is 12.0. The Bertz CT molecular complexity index is 1180. The van der Waals surface area contributed by atoms with Crippen LogP contribution in [0.25, 0.3) is 11.0 Å². The summed E-state index contributed by atoms with van der Waals surface area (Å²) in [7, 11) is 0. The van der Waals surface area contributed by atoms with E-state index in [1.165, 1.54) is 11.1 Å². The summed E-state index contributed by atoms with van der Waals surface area (Å²) in [5.74, 6) is 1.76. The molecule has 0 aliphatic carbocycles. The lowest BCUT2D eigenvalue weighted by atomic mass is 10.1. The van der Waals surface area contributed by atoms with Crippen LogP contribution in [-0.4, -0.2) is 27.3 Å². The summed E-state index contributed by atoms with van der Waals surface area (Å²) in [6.07, 6.45) is 0. The van der Waals surface area contributed by atoms with Crippen molar-refractivity contribution in [2.45, 2.75) is 60.4 Å². The van der Waals surface area contributed by atoms with Gasteiger partial charge in [-0.1, -0.05) is 60.7 Å². The van der Waals surface area contributed by atoms with Crippen molar-refractivity contribution in [1.29, 1.82) is 0 Å². The molecule has 0 amide bonds. The Morgan fingerprint density at radius 3 is 2.03 bits per heavy atom. The lowest BCUT2D eigenvalue weighted by Gasteiger charge is -2.25. The topological polar surface area (TPSA) is 55.2 Å². The summed E-state index contributed by atoms with van der Waals surface area (Å²) >= 11 is 0. The van der Waals surface area contributed by atoms with Crippen LogP contribution >= 0.6 is 0 Å². The van der Waals surface area contributed by atoms with Crippen LogP contribution in [0.2, 0.25) is 0 Å².